The largest absolute Gasteiger partial charge is 0.321 e. The van der Waals surface area contributed by atoms with Crippen LogP contribution in [0.2, 0.25) is 0 Å². The van der Waals surface area contributed by atoms with Gasteiger partial charge >= 0.3 is 0 Å². The van der Waals surface area contributed by atoms with E-state index in [1.165, 1.54) is 0 Å². The molecule has 3 heterocycles. The molecule has 0 saturated heterocycles. The van der Waals surface area contributed by atoms with Crippen LogP contribution < -0.4 is 10.00 Å². The van der Waals surface area contributed by atoms with Gasteiger partial charge in [0.05, 0.1) is 7.05 Å². The molecule has 1 N–H and O–H groups in total. The maximum Gasteiger partial charge on any atom is 0.274 e. The second-order valence-corrected chi connectivity index (χ2v) is 7.56. The number of aryl methyl sites for hydroxylation is 1. The molecule has 3 aromatic heterocycles. The molecule has 0 atom stereocenters. The first-order valence-electron chi connectivity index (χ1n) is 9.89. The lowest BCUT2D eigenvalue weighted by molar-refractivity contribution is -0.750. The molecular formula is C22H22N7O+. The summed E-state index contributed by atoms with van der Waals surface area (Å²) in [5, 5.41) is 11.3. The van der Waals surface area contributed by atoms with E-state index in [0.717, 1.165) is 35.5 Å². The summed E-state index contributed by atoms with van der Waals surface area (Å²) in [5.41, 5.74) is 3.93. The van der Waals surface area contributed by atoms with Crippen molar-refractivity contribution in [3.63, 3.8) is 0 Å². The van der Waals surface area contributed by atoms with Gasteiger partial charge in [0.1, 0.15) is 17.7 Å². The fourth-order valence-corrected chi connectivity index (χ4v) is 3.55. The summed E-state index contributed by atoms with van der Waals surface area (Å²) in [7, 11) is 3.94. The van der Waals surface area contributed by atoms with Crippen LogP contribution in [0.4, 0.5) is 5.69 Å². The van der Waals surface area contributed by atoms with Crippen molar-refractivity contribution < 1.29 is 9.48 Å². The van der Waals surface area contributed by atoms with Gasteiger partial charge in [0.2, 0.25) is 0 Å². The Bertz CT molecular complexity index is 1240. The summed E-state index contributed by atoms with van der Waals surface area (Å²) in [6.07, 6.45) is 7.72. The van der Waals surface area contributed by atoms with Crippen molar-refractivity contribution in [1.29, 1.82) is 0 Å². The van der Waals surface area contributed by atoms with Crippen LogP contribution in [0.1, 0.15) is 29.4 Å². The molecule has 0 radical (unpaired) electrons. The quantitative estimate of drug-likeness (QED) is 0.522. The summed E-state index contributed by atoms with van der Waals surface area (Å²) in [6, 6.07) is 13.9. The summed E-state index contributed by atoms with van der Waals surface area (Å²) < 4.78 is 6.09. The smallest absolute Gasteiger partial charge is 0.274 e. The van der Waals surface area contributed by atoms with E-state index in [1.54, 1.807) is 18.6 Å². The predicted molar refractivity (Wildman–Crippen MR) is 112 cm³/mol. The van der Waals surface area contributed by atoms with E-state index < -0.39 is 0 Å². The minimum absolute atomic E-state index is 0.253. The van der Waals surface area contributed by atoms with E-state index in [4.69, 9.17) is 0 Å². The first-order chi connectivity index (χ1) is 14.6. The Morgan fingerprint density at radius 3 is 2.80 bits per heavy atom. The summed E-state index contributed by atoms with van der Waals surface area (Å²) in [6.45, 7) is 0. The van der Waals surface area contributed by atoms with Gasteiger partial charge in [-0.25, -0.2) is 0 Å². The van der Waals surface area contributed by atoms with Crippen molar-refractivity contribution in [2.75, 3.05) is 5.32 Å². The SMILES string of the molecule is Cn1c(-c2ccnc(C(=O)Nc3cccc(-c4nncn4C4CC4)c3)c2)cc[n+]1C. The number of benzene rings is 1. The Hall–Kier alpha value is -3.81. The van der Waals surface area contributed by atoms with Crippen molar-refractivity contribution in [3.05, 3.63) is 66.9 Å². The summed E-state index contributed by atoms with van der Waals surface area (Å²) in [4.78, 5) is 17.1. The lowest BCUT2D eigenvalue weighted by Crippen LogP contribution is -2.36. The molecule has 0 unspecified atom stereocenters. The maximum atomic E-state index is 12.9. The van der Waals surface area contributed by atoms with Gasteiger partial charge in [0.15, 0.2) is 19.1 Å². The standard InChI is InChI=1S/C22H21N7O/c1-27-11-9-20(28(27)2)15-8-10-23-19(13-15)22(30)25-17-5-3-4-16(12-17)21-26-24-14-29(21)18-6-7-18/h3-5,8-14,18H,6-7H2,1-2H3/p+1. The number of amides is 1. The zero-order valence-corrected chi connectivity index (χ0v) is 16.9. The van der Waals surface area contributed by atoms with Crippen molar-refractivity contribution >= 4 is 11.6 Å². The van der Waals surface area contributed by atoms with Crippen LogP contribution >= 0.6 is 0 Å². The van der Waals surface area contributed by atoms with Gasteiger partial charge in [0.25, 0.3) is 5.91 Å². The number of rotatable bonds is 5. The van der Waals surface area contributed by atoms with E-state index >= 15 is 0 Å². The Labute approximate surface area is 173 Å². The van der Waals surface area contributed by atoms with Crippen LogP contribution in [0.25, 0.3) is 22.6 Å². The zero-order valence-electron chi connectivity index (χ0n) is 16.9. The molecule has 0 aliphatic heterocycles. The number of hydrogen-bond donors (Lipinski definition) is 1. The van der Waals surface area contributed by atoms with E-state index in [9.17, 15) is 4.79 Å². The Balaban J connectivity index is 1.39. The van der Waals surface area contributed by atoms with Crippen LogP contribution in [0.3, 0.4) is 0 Å². The van der Waals surface area contributed by atoms with Crippen molar-refractivity contribution in [1.82, 2.24) is 24.4 Å². The third-order valence-corrected chi connectivity index (χ3v) is 5.45. The van der Waals surface area contributed by atoms with Crippen molar-refractivity contribution in [3.8, 4) is 22.6 Å². The molecule has 0 spiro atoms. The average molecular weight is 400 g/mol. The third kappa shape index (κ3) is 3.36. The topological polar surface area (TPSA) is 81.5 Å². The van der Waals surface area contributed by atoms with Gasteiger partial charge in [-0.2, -0.15) is 4.68 Å². The monoisotopic (exact) mass is 400 g/mol. The van der Waals surface area contributed by atoms with Crippen molar-refractivity contribution in [2.45, 2.75) is 18.9 Å². The van der Waals surface area contributed by atoms with Gasteiger partial charge in [-0.15, -0.1) is 14.9 Å². The van der Waals surface area contributed by atoms with Gasteiger partial charge < -0.3 is 9.88 Å². The summed E-state index contributed by atoms with van der Waals surface area (Å²) >= 11 is 0. The van der Waals surface area contributed by atoms with E-state index in [-0.39, 0.29) is 5.91 Å². The molecule has 8 nitrogen and oxygen atoms in total. The highest BCUT2D eigenvalue weighted by molar-refractivity contribution is 6.03. The molecule has 1 fully saturated rings. The highest BCUT2D eigenvalue weighted by Gasteiger charge is 2.26. The fraction of sp³-hybridized carbons (Fsp3) is 0.227. The van der Waals surface area contributed by atoms with Crippen LogP contribution in [0, 0.1) is 0 Å². The third-order valence-electron chi connectivity index (χ3n) is 5.45. The minimum Gasteiger partial charge on any atom is -0.321 e. The van der Waals surface area contributed by atoms with Crippen LogP contribution in [0.5, 0.6) is 0 Å². The number of pyridine rings is 1. The molecule has 1 aliphatic carbocycles. The molecule has 0 bridgehead atoms. The molecule has 30 heavy (non-hydrogen) atoms. The highest BCUT2D eigenvalue weighted by atomic mass is 16.1. The number of nitrogens with one attached hydrogen (secondary N) is 1. The summed E-state index contributed by atoms with van der Waals surface area (Å²) in [5.74, 6) is 0.571. The van der Waals surface area contributed by atoms with E-state index in [0.29, 0.717) is 17.4 Å². The van der Waals surface area contributed by atoms with Crippen LogP contribution in [0.15, 0.2) is 61.2 Å². The predicted octanol–water partition coefficient (Wildman–Crippen LogP) is 2.76. The molecule has 1 aromatic carbocycles. The number of aromatic nitrogens is 6. The van der Waals surface area contributed by atoms with Gasteiger partial charge in [-0.3, -0.25) is 9.78 Å². The van der Waals surface area contributed by atoms with Crippen LogP contribution in [-0.4, -0.2) is 30.3 Å². The zero-order chi connectivity index (χ0) is 20.7. The molecular weight excluding hydrogens is 378 g/mol. The minimum atomic E-state index is -0.253. The lowest BCUT2D eigenvalue weighted by Gasteiger charge is -2.09. The van der Waals surface area contributed by atoms with Gasteiger partial charge in [0, 0.05) is 35.1 Å². The molecule has 150 valence electrons. The number of hydrogen-bond acceptors (Lipinski definition) is 4. The van der Waals surface area contributed by atoms with Crippen molar-refractivity contribution in [2.24, 2.45) is 14.1 Å². The Morgan fingerprint density at radius 1 is 1.17 bits per heavy atom. The Morgan fingerprint density at radius 2 is 2.03 bits per heavy atom. The van der Waals surface area contributed by atoms with E-state index in [2.05, 4.69) is 25.1 Å². The number of carbonyl (C=O) groups is 1. The van der Waals surface area contributed by atoms with Crippen LogP contribution in [-0.2, 0) is 14.1 Å². The fourth-order valence-electron chi connectivity index (χ4n) is 3.55. The number of anilines is 1. The van der Waals surface area contributed by atoms with Gasteiger partial charge in [-0.05, 0) is 37.1 Å². The Kier molecular flexibility index (Phi) is 4.39. The molecule has 4 aromatic rings. The molecule has 1 amide bonds. The van der Waals surface area contributed by atoms with Gasteiger partial charge in [-0.1, -0.05) is 12.1 Å². The molecule has 8 heteroatoms. The average Bonchev–Trinajstić information content (AvgIpc) is 3.39. The number of carbonyl (C=O) groups excluding carboxylic acids is 1. The highest BCUT2D eigenvalue weighted by Crippen LogP contribution is 2.37. The maximum absolute atomic E-state index is 12.9. The lowest BCUT2D eigenvalue weighted by atomic mass is 10.1. The first kappa shape index (κ1) is 18.2. The number of nitrogens with zero attached hydrogens (tertiary/aromatic N) is 6. The second-order valence-electron chi connectivity index (χ2n) is 7.56. The molecule has 1 saturated carbocycles. The molecule has 1 aliphatic rings. The first-order valence-corrected chi connectivity index (χ1v) is 9.89. The molecule has 5 rings (SSSR count). The second kappa shape index (κ2) is 7.22. The van der Waals surface area contributed by atoms with E-state index in [1.807, 2.05) is 66.1 Å². The normalized spacial score (nSPS) is 13.4.